The first kappa shape index (κ1) is 24.3. The molecule has 1 aliphatic rings. The number of hydrogen-bond donors (Lipinski definition) is 1. The summed E-state index contributed by atoms with van der Waals surface area (Å²) in [6, 6.07) is 14.4. The summed E-state index contributed by atoms with van der Waals surface area (Å²) in [6.07, 6.45) is 0. The molecule has 35 heavy (non-hydrogen) atoms. The lowest BCUT2D eigenvalue weighted by Gasteiger charge is -2.37. The average molecular weight is 497 g/mol. The molecule has 1 N–H and O–H groups in total. The van der Waals surface area contributed by atoms with Crippen LogP contribution in [-0.2, 0) is 4.79 Å². The van der Waals surface area contributed by atoms with Crippen molar-refractivity contribution >= 4 is 40.5 Å². The van der Waals surface area contributed by atoms with Crippen molar-refractivity contribution in [1.29, 1.82) is 0 Å². The summed E-state index contributed by atoms with van der Waals surface area (Å²) in [5.41, 5.74) is 1.75. The van der Waals surface area contributed by atoms with Gasteiger partial charge >= 0.3 is 0 Å². The summed E-state index contributed by atoms with van der Waals surface area (Å²) in [4.78, 5) is 39.8. The third kappa shape index (κ3) is 5.46. The number of benzene rings is 2. The van der Waals surface area contributed by atoms with E-state index in [1.807, 2.05) is 24.8 Å². The highest BCUT2D eigenvalue weighted by Gasteiger charge is 2.25. The monoisotopic (exact) mass is 496 g/mol. The number of carbonyl (C=O) groups is 2. The van der Waals surface area contributed by atoms with E-state index in [-0.39, 0.29) is 23.3 Å². The third-order valence-electron chi connectivity index (χ3n) is 5.80. The Balaban J connectivity index is 1.50. The van der Waals surface area contributed by atoms with Gasteiger partial charge in [0.1, 0.15) is 5.76 Å². The van der Waals surface area contributed by atoms with Gasteiger partial charge in [-0.2, -0.15) is 0 Å². The number of anilines is 2. The summed E-state index contributed by atoms with van der Waals surface area (Å²) < 4.78 is 5.69. The van der Waals surface area contributed by atoms with Crippen LogP contribution < -0.4 is 10.2 Å². The van der Waals surface area contributed by atoms with E-state index in [9.17, 15) is 19.7 Å². The smallest absolute Gasteiger partial charge is 0.291 e. The summed E-state index contributed by atoms with van der Waals surface area (Å²) in [7, 11) is 0. The molecule has 4 rings (SSSR count). The van der Waals surface area contributed by atoms with Gasteiger partial charge in [-0.15, -0.1) is 0 Å². The minimum atomic E-state index is -0.487. The van der Waals surface area contributed by atoms with Crippen LogP contribution in [0.5, 0.6) is 0 Å². The number of amides is 2. The van der Waals surface area contributed by atoms with Gasteiger partial charge in [-0.1, -0.05) is 37.6 Å². The van der Waals surface area contributed by atoms with Crippen molar-refractivity contribution in [2.24, 2.45) is 5.92 Å². The van der Waals surface area contributed by atoms with Gasteiger partial charge in [0.2, 0.25) is 5.91 Å². The fourth-order valence-corrected chi connectivity index (χ4v) is 4.16. The molecule has 2 amide bonds. The fraction of sp³-hybridized carbons (Fsp3) is 0.280. The zero-order valence-corrected chi connectivity index (χ0v) is 20.1. The molecule has 1 fully saturated rings. The predicted molar refractivity (Wildman–Crippen MR) is 134 cm³/mol. The molecule has 0 atom stereocenters. The maximum absolute atomic E-state index is 13.0. The van der Waals surface area contributed by atoms with Crippen LogP contribution in [0.3, 0.4) is 0 Å². The first-order chi connectivity index (χ1) is 16.7. The van der Waals surface area contributed by atoms with Gasteiger partial charge in [0.25, 0.3) is 11.6 Å². The molecule has 1 saturated heterocycles. The van der Waals surface area contributed by atoms with E-state index in [2.05, 4.69) is 10.2 Å². The molecule has 10 heteroatoms. The van der Waals surface area contributed by atoms with Crippen LogP contribution in [0, 0.1) is 16.0 Å². The molecular formula is C25H25ClN4O5. The molecular weight excluding hydrogens is 472 g/mol. The highest BCUT2D eigenvalue weighted by atomic mass is 35.5. The number of nitrogens with one attached hydrogen (secondary N) is 1. The van der Waals surface area contributed by atoms with E-state index in [0.29, 0.717) is 48.2 Å². The van der Waals surface area contributed by atoms with Crippen molar-refractivity contribution in [2.45, 2.75) is 13.8 Å². The van der Waals surface area contributed by atoms with E-state index in [0.717, 1.165) is 5.69 Å². The molecule has 0 saturated carbocycles. The Morgan fingerprint density at radius 1 is 1.06 bits per heavy atom. The van der Waals surface area contributed by atoms with E-state index >= 15 is 0 Å². The first-order valence-electron chi connectivity index (χ1n) is 11.2. The highest BCUT2D eigenvalue weighted by molar-refractivity contribution is 6.31. The Bertz CT molecular complexity index is 1260. The van der Waals surface area contributed by atoms with Crippen LogP contribution in [0.1, 0.15) is 24.4 Å². The first-order valence-corrected chi connectivity index (χ1v) is 11.6. The van der Waals surface area contributed by atoms with E-state index in [1.165, 1.54) is 18.2 Å². The Labute approximate surface area is 207 Å². The number of nitro groups is 1. The van der Waals surface area contributed by atoms with E-state index < -0.39 is 10.8 Å². The molecule has 0 aliphatic carbocycles. The molecule has 0 radical (unpaired) electrons. The lowest BCUT2D eigenvalue weighted by Crippen LogP contribution is -2.50. The predicted octanol–water partition coefficient (Wildman–Crippen LogP) is 5.07. The lowest BCUT2D eigenvalue weighted by atomic mass is 10.1. The molecule has 182 valence electrons. The zero-order chi connectivity index (χ0) is 25.1. The summed E-state index contributed by atoms with van der Waals surface area (Å²) in [6.45, 7) is 6.22. The molecule has 2 heterocycles. The van der Waals surface area contributed by atoms with Gasteiger partial charge in [0.15, 0.2) is 5.76 Å². The summed E-state index contributed by atoms with van der Waals surface area (Å²) in [5.74, 6) is 0.0125. The highest BCUT2D eigenvalue weighted by Crippen LogP contribution is 2.31. The minimum Gasteiger partial charge on any atom is -0.451 e. The molecule has 9 nitrogen and oxygen atoms in total. The Morgan fingerprint density at radius 3 is 2.49 bits per heavy atom. The third-order valence-corrected chi connectivity index (χ3v) is 6.04. The summed E-state index contributed by atoms with van der Waals surface area (Å²) >= 11 is 6.21. The number of nitrogens with zero attached hydrogens (tertiary/aromatic N) is 3. The second-order valence-corrected chi connectivity index (χ2v) is 8.99. The van der Waals surface area contributed by atoms with Crippen molar-refractivity contribution in [3.05, 3.63) is 75.5 Å². The quantitative estimate of drug-likeness (QED) is 0.377. The number of piperazine rings is 1. The normalized spacial score (nSPS) is 13.7. The summed E-state index contributed by atoms with van der Waals surface area (Å²) in [5, 5.41) is 14.4. The second-order valence-electron chi connectivity index (χ2n) is 8.55. The number of nitro benzene ring substituents is 1. The van der Waals surface area contributed by atoms with Gasteiger partial charge in [0, 0.05) is 54.8 Å². The van der Waals surface area contributed by atoms with Gasteiger partial charge in [0.05, 0.1) is 16.3 Å². The maximum Gasteiger partial charge on any atom is 0.291 e. The molecule has 3 aromatic rings. The number of hydrogen-bond acceptors (Lipinski definition) is 6. The van der Waals surface area contributed by atoms with Crippen molar-refractivity contribution in [3.63, 3.8) is 0 Å². The Morgan fingerprint density at radius 2 is 1.80 bits per heavy atom. The molecule has 0 spiro atoms. The Hall–Kier alpha value is -3.85. The van der Waals surface area contributed by atoms with Gasteiger partial charge in [-0.05, 0) is 30.3 Å². The van der Waals surface area contributed by atoms with Crippen LogP contribution >= 0.6 is 11.6 Å². The molecule has 2 aromatic carbocycles. The standard InChI is InChI=1S/C25H25ClN4O5/c1-16(2)25(32)29-12-10-28(11-13-29)21-7-6-18(26)15-20(21)27-24(31)23-9-8-22(35-23)17-4-3-5-19(14-17)30(33)34/h3-9,14-16H,10-13H2,1-2H3,(H,27,31). The zero-order valence-electron chi connectivity index (χ0n) is 19.4. The fourth-order valence-electron chi connectivity index (χ4n) is 3.99. The molecule has 1 aromatic heterocycles. The SMILES string of the molecule is CC(C)C(=O)N1CCN(c2ccc(Cl)cc2NC(=O)c2ccc(-c3cccc([N+](=O)[O-])c3)o2)CC1. The lowest BCUT2D eigenvalue weighted by molar-refractivity contribution is -0.384. The van der Waals surface area contributed by atoms with Crippen molar-refractivity contribution in [1.82, 2.24) is 4.90 Å². The van der Waals surface area contributed by atoms with Crippen LogP contribution in [0.2, 0.25) is 5.02 Å². The van der Waals surface area contributed by atoms with E-state index in [1.54, 1.807) is 30.3 Å². The maximum atomic E-state index is 13.0. The topological polar surface area (TPSA) is 109 Å². The molecule has 0 bridgehead atoms. The van der Waals surface area contributed by atoms with Crippen LogP contribution in [-0.4, -0.2) is 47.8 Å². The molecule has 0 unspecified atom stereocenters. The average Bonchev–Trinajstić information content (AvgIpc) is 3.34. The van der Waals surface area contributed by atoms with Crippen molar-refractivity contribution < 1.29 is 18.9 Å². The van der Waals surface area contributed by atoms with Gasteiger partial charge < -0.3 is 19.5 Å². The number of rotatable bonds is 6. The number of furan rings is 1. The van der Waals surface area contributed by atoms with Crippen molar-refractivity contribution in [2.75, 3.05) is 36.4 Å². The minimum absolute atomic E-state index is 0.0489. The number of halogens is 1. The second kappa shape index (κ2) is 10.2. The van der Waals surface area contributed by atoms with E-state index in [4.69, 9.17) is 16.0 Å². The number of carbonyl (C=O) groups excluding carboxylic acids is 2. The van der Waals surface area contributed by atoms with Crippen molar-refractivity contribution in [3.8, 4) is 11.3 Å². The van der Waals surface area contributed by atoms with Crippen LogP contribution in [0.15, 0.2) is 59.0 Å². The van der Waals surface area contributed by atoms with Crippen LogP contribution in [0.25, 0.3) is 11.3 Å². The van der Waals surface area contributed by atoms with Gasteiger partial charge in [-0.3, -0.25) is 19.7 Å². The van der Waals surface area contributed by atoms with Crippen LogP contribution in [0.4, 0.5) is 17.1 Å². The van der Waals surface area contributed by atoms with Gasteiger partial charge in [-0.25, -0.2) is 0 Å². The Kier molecular flexibility index (Phi) is 7.07. The molecule has 1 aliphatic heterocycles. The largest absolute Gasteiger partial charge is 0.451 e. The number of non-ortho nitro benzene ring substituents is 1.